The number of hydrogen-bond acceptors (Lipinski definition) is 7. The van der Waals surface area contributed by atoms with Gasteiger partial charge < -0.3 is 15.5 Å². The van der Waals surface area contributed by atoms with Gasteiger partial charge in [-0.15, -0.1) is 0 Å². The van der Waals surface area contributed by atoms with Crippen molar-refractivity contribution in [2.24, 2.45) is 5.73 Å². The Kier molecular flexibility index (Phi) is 5.16. The maximum absolute atomic E-state index is 12.5. The van der Waals surface area contributed by atoms with Gasteiger partial charge >= 0.3 is 0 Å². The van der Waals surface area contributed by atoms with E-state index in [-0.39, 0.29) is 18.5 Å². The summed E-state index contributed by atoms with van der Waals surface area (Å²) in [5.74, 6) is 2.51. The lowest BCUT2D eigenvalue weighted by Gasteiger charge is -2.15. The molecule has 1 saturated heterocycles. The van der Waals surface area contributed by atoms with Gasteiger partial charge in [0.25, 0.3) is 0 Å². The summed E-state index contributed by atoms with van der Waals surface area (Å²) < 4.78 is 7.41. The Hall–Kier alpha value is -3.04. The molecular formula is C20H25N7O2. The highest BCUT2D eigenvalue weighted by Gasteiger charge is 2.22. The Labute approximate surface area is 168 Å². The third-order valence-corrected chi connectivity index (χ3v) is 4.84. The fraction of sp³-hybridized carbons (Fsp3) is 0.400. The predicted octanol–water partition coefficient (Wildman–Crippen LogP) is 1.82. The molecule has 3 aromatic heterocycles. The van der Waals surface area contributed by atoms with Crippen molar-refractivity contribution in [2.45, 2.75) is 33.2 Å². The van der Waals surface area contributed by atoms with Crippen molar-refractivity contribution in [1.29, 1.82) is 0 Å². The van der Waals surface area contributed by atoms with E-state index in [0.29, 0.717) is 23.2 Å². The van der Waals surface area contributed by atoms with Crippen molar-refractivity contribution in [3.05, 3.63) is 41.4 Å². The molecule has 29 heavy (non-hydrogen) atoms. The quantitative estimate of drug-likeness (QED) is 0.677. The molecule has 0 aliphatic carbocycles. The van der Waals surface area contributed by atoms with Gasteiger partial charge in [-0.05, 0) is 45.4 Å². The molecule has 4 heterocycles. The van der Waals surface area contributed by atoms with E-state index < -0.39 is 0 Å². The van der Waals surface area contributed by atoms with E-state index in [4.69, 9.17) is 10.2 Å². The van der Waals surface area contributed by atoms with Crippen LogP contribution < -0.4 is 11.1 Å². The highest BCUT2D eigenvalue weighted by molar-refractivity contribution is 5.91. The van der Waals surface area contributed by atoms with Crippen LogP contribution in [0.4, 0.5) is 5.82 Å². The minimum absolute atomic E-state index is 0.133. The highest BCUT2D eigenvalue weighted by Crippen LogP contribution is 2.23. The monoisotopic (exact) mass is 395 g/mol. The van der Waals surface area contributed by atoms with E-state index in [1.54, 1.807) is 10.7 Å². The topological polar surface area (TPSA) is 115 Å². The first-order valence-corrected chi connectivity index (χ1v) is 9.65. The number of hydrogen-bond donors (Lipinski definition) is 2. The SMILES string of the molecule is Cc1cc(C)n(-c2cc(NC(=O)CN3CC[C@H](N)C3)nc(-c3ccc(C)o3)n2)n1. The molecule has 9 nitrogen and oxygen atoms in total. The molecule has 3 N–H and O–H groups in total. The van der Waals surface area contributed by atoms with Crippen molar-refractivity contribution in [2.75, 3.05) is 25.0 Å². The summed E-state index contributed by atoms with van der Waals surface area (Å²) in [6, 6.07) is 7.48. The number of amides is 1. The molecule has 1 atom stereocenters. The molecule has 0 radical (unpaired) electrons. The Balaban J connectivity index is 1.64. The Morgan fingerprint density at radius 3 is 2.72 bits per heavy atom. The molecule has 4 rings (SSSR count). The Bertz CT molecular complexity index is 1040. The van der Waals surface area contributed by atoms with Crippen LogP contribution >= 0.6 is 0 Å². The van der Waals surface area contributed by atoms with E-state index in [1.165, 1.54) is 0 Å². The van der Waals surface area contributed by atoms with Gasteiger partial charge in [0.15, 0.2) is 17.4 Å². The minimum Gasteiger partial charge on any atom is -0.458 e. The molecule has 9 heteroatoms. The average Bonchev–Trinajstić information content (AvgIpc) is 3.35. The van der Waals surface area contributed by atoms with Crippen LogP contribution in [0.25, 0.3) is 17.4 Å². The minimum atomic E-state index is -0.140. The number of nitrogens with one attached hydrogen (secondary N) is 1. The lowest BCUT2D eigenvalue weighted by Crippen LogP contribution is -2.33. The largest absolute Gasteiger partial charge is 0.458 e. The molecule has 1 aliphatic heterocycles. The van der Waals surface area contributed by atoms with E-state index in [2.05, 4.69) is 20.4 Å². The number of anilines is 1. The number of rotatable bonds is 5. The van der Waals surface area contributed by atoms with Gasteiger partial charge in [-0.3, -0.25) is 9.69 Å². The fourth-order valence-corrected chi connectivity index (χ4v) is 3.52. The normalized spacial score (nSPS) is 17.0. The van der Waals surface area contributed by atoms with Crippen LogP contribution in [0.1, 0.15) is 23.6 Å². The van der Waals surface area contributed by atoms with Crippen LogP contribution in [0.2, 0.25) is 0 Å². The maximum atomic E-state index is 12.5. The molecule has 0 saturated carbocycles. The van der Waals surface area contributed by atoms with E-state index in [9.17, 15) is 4.79 Å². The van der Waals surface area contributed by atoms with E-state index >= 15 is 0 Å². The predicted molar refractivity (Wildman–Crippen MR) is 109 cm³/mol. The summed E-state index contributed by atoms with van der Waals surface area (Å²) in [6.45, 7) is 7.57. The Morgan fingerprint density at radius 1 is 1.28 bits per heavy atom. The van der Waals surface area contributed by atoms with E-state index in [1.807, 2.05) is 43.9 Å². The van der Waals surface area contributed by atoms with Crippen LogP contribution in [0.5, 0.6) is 0 Å². The van der Waals surface area contributed by atoms with Gasteiger partial charge in [-0.1, -0.05) is 0 Å². The molecule has 0 bridgehead atoms. The van der Waals surface area contributed by atoms with Crippen molar-refractivity contribution in [1.82, 2.24) is 24.6 Å². The lowest BCUT2D eigenvalue weighted by atomic mass is 10.3. The zero-order chi connectivity index (χ0) is 20.5. The second-order valence-electron chi connectivity index (χ2n) is 7.52. The summed E-state index contributed by atoms with van der Waals surface area (Å²) in [7, 11) is 0. The summed E-state index contributed by atoms with van der Waals surface area (Å²) in [4.78, 5) is 23.7. The van der Waals surface area contributed by atoms with Gasteiger partial charge in [0.2, 0.25) is 5.91 Å². The average molecular weight is 395 g/mol. The zero-order valence-electron chi connectivity index (χ0n) is 16.8. The van der Waals surface area contributed by atoms with Gasteiger partial charge in [0, 0.05) is 30.9 Å². The number of likely N-dealkylation sites (tertiary alicyclic amines) is 1. The lowest BCUT2D eigenvalue weighted by molar-refractivity contribution is -0.117. The molecular weight excluding hydrogens is 370 g/mol. The van der Waals surface area contributed by atoms with E-state index in [0.717, 1.165) is 36.7 Å². The third-order valence-electron chi connectivity index (χ3n) is 4.84. The number of nitrogens with zero attached hydrogens (tertiary/aromatic N) is 5. The molecule has 152 valence electrons. The zero-order valence-corrected chi connectivity index (χ0v) is 16.8. The first-order valence-electron chi connectivity index (χ1n) is 9.65. The van der Waals surface area contributed by atoms with Gasteiger partial charge in [-0.25, -0.2) is 14.6 Å². The Morgan fingerprint density at radius 2 is 2.10 bits per heavy atom. The van der Waals surface area contributed by atoms with Crippen molar-refractivity contribution in [3.63, 3.8) is 0 Å². The van der Waals surface area contributed by atoms with Crippen molar-refractivity contribution >= 4 is 11.7 Å². The number of carbonyl (C=O) groups excluding carboxylic acids is 1. The molecule has 0 aromatic carbocycles. The molecule has 0 spiro atoms. The summed E-state index contributed by atoms with van der Waals surface area (Å²) >= 11 is 0. The maximum Gasteiger partial charge on any atom is 0.239 e. The number of carbonyl (C=O) groups is 1. The summed E-state index contributed by atoms with van der Waals surface area (Å²) in [5, 5.41) is 7.37. The first kappa shape index (κ1) is 19.3. The third kappa shape index (κ3) is 4.36. The summed E-state index contributed by atoms with van der Waals surface area (Å²) in [5.41, 5.74) is 7.74. The van der Waals surface area contributed by atoms with Crippen molar-refractivity contribution in [3.8, 4) is 17.4 Å². The van der Waals surface area contributed by atoms with Crippen LogP contribution in [0.3, 0.4) is 0 Å². The molecule has 0 unspecified atom stereocenters. The standard InChI is InChI=1S/C20H25N7O2/c1-12-8-13(2)27(25-12)18-9-17(22-19(28)11-26-7-6-15(21)10-26)23-20(24-18)16-5-4-14(3)29-16/h4-5,8-9,15H,6-7,10-11,21H2,1-3H3,(H,22,23,24,28)/t15-/m0/s1. The van der Waals surface area contributed by atoms with Crippen molar-refractivity contribution < 1.29 is 9.21 Å². The van der Waals surface area contributed by atoms with Gasteiger partial charge in [0.05, 0.1) is 12.2 Å². The molecule has 1 amide bonds. The first-order chi connectivity index (χ1) is 13.9. The number of aromatic nitrogens is 4. The second-order valence-corrected chi connectivity index (χ2v) is 7.52. The fourth-order valence-electron chi connectivity index (χ4n) is 3.52. The summed E-state index contributed by atoms with van der Waals surface area (Å²) in [6.07, 6.45) is 0.908. The van der Waals surface area contributed by atoms with Crippen LogP contribution in [0, 0.1) is 20.8 Å². The smallest absolute Gasteiger partial charge is 0.239 e. The van der Waals surface area contributed by atoms with Crippen LogP contribution in [-0.4, -0.2) is 56.2 Å². The number of furan rings is 1. The van der Waals surface area contributed by atoms with Gasteiger partial charge in [0.1, 0.15) is 11.6 Å². The van der Waals surface area contributed by atoms with Gasteiger partial charge in [-0.2, -0.15) is 5.10 Å². The highest BCUT2D eigenvalue weighted by atomic mass is 16.3. The number of aryl methyl sites for hydroxylation is 3. The molecule has 1 aliphatic rings. The second kappa shape index (κ2) is 7.76. The molecule has 1 fully saturated rings. The number of nitrogens with two attached hydrogens (primary N) is 1. The van der Waals surface area contributed by atoms with Crippen LogP contribution in [0.15, 0.2) is 28.7 Å². The molecule has 3 aromatic rings. The van der Waals surface area contributed by atoms with Crippen LogP contribution in [-0.2, 0) is 4.79 Å².